The van der Waals surface area contributed by atoms with Crippen LogP contribution in [0.1, 0.15) is 25.7 Å². The summed E-state index contributed by atoms with van der Waals surface area (Å²) in [6.07, 6.45) is 1.34. The van der Waals surface area contributed by atoms with Gasteiger partial charge in [0.1, 0.15) is 0 Å². The highest BCUT2D eigenvalue weighted by Crippen LogP contribution is 2.50. The molecule has 2 fully saturated rings. The fourth-order valence-corrected chi connectivity index (χ4v) is 5.52. The van der Waals surface area contributed by atoms with Crippen molar-refractivity contribution in [2.45, 2.75) is 42.7 Å². The Morgan fingerprint density at radius 3 is 2.57 bits per heavy atom. The Morgan fingerprint density at radius 2 is 1.91 bits per heavy atom. The van der Waals surface area contributed by atoms with Crippen LogP contribution in [-0.4, -0.2) is 36.7 Å². The van der Waals surface area contributed by atoms with Crippen molar-refractivity contribution in [3.05, 3.63) is 30.3 Å². The Labute approximate surface area is 135 Å². The second-order valence-electron chi connectivity index (χ2n) is 6.52. The highest BCUT2D eigenvalue weighted by molar-refractivity contribution is 7.89. The lowest BCUT2D eigenvalue weighted by atomic mass is 9.81. The van der Waals surface area contributed by atoms with Crippen molar-refractivity contribution < 1.29 is 23.4 Å². The standard InChI is InChI=1S/C16H21NO5S/c18-14-9-10-8-13(14)16(12(10)6-7-15(19)20)17-23(21,22)11-4-2-1-3-5-11/h1-5,10,12-14,16-18H,6-9H2,(H,19,20)/t10-,12-,13+,14+,16+/m0/s1. The minimum Gasteiger partial charge on any atom is -0.481 e. The molecule has 126 valence electrons. The number of benzene rings is 1. The zero-order chi connectivity index (χ0) is 16.6. The molecular formula is C16H21NO5S. The second-order valence-corrected chi connectivity index (χ2v) is 8.23. The maximum Gasteiger partial charge on any atom is 0.303 e. The molecule has 1 aromatic carbocycles. The molecular weight excluding hydrogens is 318 g/mol. The first-order chi connectivity index (χ1) is 10.9. The van der Waals surface area contributed by atoms with Gasteiger partial charge in [-0.1, -0.05) is 18.2 Å². The predicted molar refractivity (Wildman–Crippen MR) is 83.1 cm³/mol. The molecule has 0 amide bonds. The first kappa shape index (κ1) is 16.4. The number of hydrogen-bond acceptors (Lipinski definition) is 4. The van der Waals surface area contributed by atoms with E-state index >= 15 is 0 Å². The van der Waals surface area contributed by atoms with Gasteiger partial charge in [-0.15, -0.1) is 0 Å². The molecule has 6 nitrogen and oxygen atoms in total. The monoisotopic (exact) mass is 339 g/mol. The highest BCUT2D eigenvalue weighted by Gasteiger charge is 2.53. The molecule has 3 rings (SSSR count). The molecule has 0 saturated heterocycles. The van der Waals surface area contributed by atoms with Crippen molar-refractivity contribution in [1.29, 1.82) is 0 Å². The summed E-state index contributed by atoms with van der Waals surface area (Å²) in [5.74, 6) is -0.842. The molecule has 0 radical (unpaired) electrons. The van der Waals surface area contributed by atoms with Crippen LogP contribution in [0.4, 0.5) is 0 Å². The zero-order valence-electron chi connectivity index (χ0n) is 12.6. The first-order valence-corrected chi connectivity index (χ1v) is 9.34. The topological polar surface area (TPSA) is 104 Å². The summed E-state index contributed by atoms with van der Waals surface area (Å²) in [4.78, 5) is 11.0. The largest absolute Gasteiger partial charge is 0.481 e. The number of carboxylic acid groups (broad SMARTS) is 1. The van der Waals surface area contributed by atoms with E-state index in [0.717, 1.165) is 6.42 Å². The number of aliphatic carboxylic acids is 1. The maximum atomic E-state index is 12.5. The van der Waals surface area contributed by atoms with Gasteiger partial charge in [0.25, 0.3) is 0 Å². The number of carbonyl (C=O) groups is 1. The number of carboxylic acids is 1. The number of aliphatic hydroxyl groups excluding tert-OH is 1. The van der Waals surface area contributed by atoms with E-state index in [4.69, 9.17) is 5.11 Å². The molecule has 5 atom stereocenters. The number of fused-ring (bicyclic) bond motifs is 2. The molecule has 2 aliphatic carbocycles. The van der Waals surface area contributed by atoms with Gasteiger partial charge < -0.3 is 10.2 Å². The van der Waals surface area contributed by atoms with Crippen LogP contribution in [0.25, 0.3) is 0 Å². The first-order valence-electron chi connectivity index (χ1n) is 7.85. The highest BCUT2D eigenvalue weighted by atomic mass is 32.2. The normalized spacial score (nSPS) is 33.0. The van der Waals surface area contributed by atoms with Crippen LogP contribution < -0.4 is 4.72 Å². The van der Waals surface area contributed by atoms with Crippen LogP contribution in [0.15, 0.2) is 35.2 Å². The van der Waals surface area contributed by atoms with E-state index in [1.165, 1.54) is 12.1 Å². The summed E-state index contributed by atoms with van der Waals surface area (Å²) in [7, 11) is -3.67. The fourth-order valence-electron chi connectivity index (χ4n) is 4.16. The predicted octanol–water partition coefficient (Wildman–Crippen LogP) is 1.22. The number of nitrogens with one attached hydrogen (secondary N) is 1. The average Bonchev–Trinajstić information content (AvgIpc) is 3.02. The minimum absolute atomic E-state index is 0.0214. The van der Waals surface area contributed by atoms with Crippen LogP contribution in [0, 0.1) is 17.8 Å². The van der Waals surface area contributed by atoms with Crippen molar-refractivity contribution in [3.8, 4) is 0 Å². The van der Waals surface area contributed by atoms with E-state index in [9.17, 15) is 18.3 Å². The van der Waals surface area contributed by atoms with Gasteiger partial charge in [0.2, 0.25) is 10.0 Å². The van der Waals surface area contributed by atoms with Crippen molar-refractivity contribution in [2.75, 3.05) is 0 Å². The third kappa shape index (κ3) is 3.27. The van der Waals surface area contributed by atoms with Crippen LogP contribution in [0.2, 0.25) is 0 Å². The molecule has 0 aliphatic heterocycles. The Bertz CT molecular complexity index is 675. The van der Waals surface area contributed by atoms with E-state index in [1.54, 1.807) is 18.2 Å². The summed E-state index contributed by atoms with van der Waals surface area (Å²) >= 11 is 0. The van der Waals surface area contributed by atoms with Gasteiger partial charge in [-0.25, -0.2) is 13.1 Å². The van der Waals surface area contributed by atoms with Gasteiger partial charge in [-0.2, -0.15) is 0 Å². The van der Waals surface area contributed by atoms with Crippen LogP contribution in [0.5, 0.6) is 0 Å². The maximum absolute atomic E-state index is 12.5. The Kier molecular flexibility index (Phi) is 4.44. The van der Waals surface area contributed by atoms with E-state index in [0.29, 0.717) is 12.8 Å². The van der Waals surface area contributed by atoms with E-state index in [2.05, 4.69) is 4.72 Å². The number of sulfonamides is 1. The third-order valence-electron chi connectivity index (χ3n) is 5.18. The fraction of sp³-hybridized carbons (Fsp3) is 0.562. The summed E-state index contributed by atoms with van der Waals surface area (Å²) in [5.41, 5.74) is 0. The molecule has 2 aliphatic rings. The minimum atomic E-state index is -3.67. The van der Waals surface area contributed by atoms with Crippen LogP contribution in [-0.2, 0) is 14.8 Å². The zero-order valence-corrected chi connectivity index (χ0v) is 13.4. The molecule has 0 aromatic heterocycles. The molecule has 2 saturated carbocycles. The number of aliphatic hydroxyl groups is 1. The molecule has 2 bridgehead atoms. The summed E-state index contributed by atoms with van der Waals surface area (Å²) in [6.45, 7) is 0. The van der Waals surface area contributed by atoms with Crippen LogP contribution in [0.3, 0.4) is 0 Å². The van der Waals surface area contributed by atoms with E-state index in [1.807, 2.05) is 0 Å². The Balaban J connectivity index is 1.80. The van der Waals surface area contributed by atoms with Gasteiger partial charge >= 0.3 is 5.97 Å². The molecule has 23 heavy (non-hydrogen) atoms. The van der Waals surface area contributed by atoms with E-state index < -0.39 is 28.1 Å². The average molecular weight is 339 g/mol. The van der Waals surface area contributed by atoms with Gasteiger partial charge in [0, 0.05) is 18.4 Å². The van der Waals surface area contributed by atoms with Crippen molar-refractivity contribution in [3.63, 3.8) is 0 Å². The molecule has 0 unspecified atom stereocenters. The Hall–Kier alpha value is -1.44. The lowest BCUT2D eigenvalue weighted by Crippen LogP contribution is -2.48. The molecule has 0 spiro atoms. The van der Waals surface area contributed by atoms with Gasteiger partial charge in [-0.05, 0) is 43.2 Å². The lowest BCUT2D eigenvalue weighted by Gasteiger charge is -2.34. The number of rotatable bonds is 6. The molecule has 1 aromatic rings. The lowest BCUT2D eigenvalue weighted by molar-refractivity contribution is -0.137. The third-order valence-corrected chi connectivity index (χ3v) is 6.65. The smallest absolute Gasteiger partial charge is 0.303 e. The molecule has 3 N–H and O–H groups in total. The van der Waals surface area contributed by atoms with Crippen molar-refractivity contribution in [1.82, 2.24) is 4.72 Å². The van der Waals surface area contributed by atoms with Crippen LogP contribution >= 0.6 is 0 Å². The van der Waals surface area contributed by atoms with Crippen molar-refractivity contribution in [2.24, 2.45) is 17.8 Å². The Morgan fingerprint density at radius 1 is 1.22 bits per heavy atom. The van der Waals surface area contributed by atoms with Gasteiger partial charge in [0.05, 0.1) is 11.0 Å². The van der Waals surface area contributed by atoms with Gasteiger partial charge in [0.15, 0.2) is 0 Å². The summed E-state index contributed by atoms with van der Waals surface area (Å²) < 4.78 is 27.8. The van der Waals surface area contributed by atoms with Gasteiger partial charge in [-0.3, -0.25) is 4.79 Å². The molecule has 7 heteroatoms. The quantitative estimate of drug-likeness (QED) is 0.723. The summed E-state index contributed by atoms with van der Waals surface area (Å²) in [5, 5.41) is 19.0. The summed E-state index contributed by atoms with van der Waals surface area (Å²) in [6, 6.07) is 7.72. The number of hydrogen-bond donors (Lipinski definition) is 3. The molecule has 0 heterocycles. The SMILES string of the molecule is O=C(O)CC[C@H]1[C@H]2C[C@@H]([C@@H]1NS(=O)(=O)c1ccccc1)[C@H](O)C2. The second kappa shape index (κ2) is 6.22. The van der Waals surface area contributed by atoms with E-state index in [-0.39, 0.29) is 29.1 Å². The van der Waals surface area contributed by atoms with Crippen molar-refractivity contribution >= 4 is 16.0 Å².